The molecule has 2 atom stereocenters. The van der Waals surface area contributed by atoms with Crippen molar-refractivity contribution in [3.05, 3.63) is 23.8 Å². The van der Waals surface area contributed by atoms with E-state index >= 15 is 0 Å². The van der Waals surface area contributed by atoms with Crippen molar-refractivity contribution < 1.29 is 33.4 Å². The number of ether oxygens (including phenoxy) is 2. The second-order valence-corrected chi connectivity index (χ2v) is 7.57. The van der Waals surface area contributed by atoms with Crippen LogP contribution in [0.3, 0.4) is 0 Å². The van der Waals surface area contributed by atoms with Gasteiger partial charge in [0.15, 0.2) is 5.78 Å². The average molecular weight is 404 g/mol. The number of carbonyl (C=O) groups excluding carboxylic acids is 5. The number of ketones is 1. The minimum absolute atomic E-state index is 0.0345. The molecular weight excluding hydrogens is 376 g/mol. The van der Waals surface area contributed by atoms with Crippen LogP contribution in [0.25, 0.3) is 0 Å². The Balaban J connectivity index is 2.01. The van der Waals surface area contributed by atoms with Crippen LogP contribution in [0, 0.1) is 11.8 Å². The van der Waals surface area contributed by atoms with Gasteiger partial charge in [-0.15, -0.1) is 0 Å². The van der Waals surface area contributed by atoms with Crippen molar-refractivity contribution in [3.8, 4) is 0 Å². The second kappa shape index (κ2) is 10.8. The maximum atomic E-state index is 12.1. The van der Waals surface area contributed by atoms with Crippen molar-refractivity contribution in [2.45, 2.75) is 71.1 Å². The largest absolute Gasteiger partial charge is 0.393 e. The van der Waals surface area contributed by atoms with Crippen LogP contribution in [0.15, 0.2) is 23.8 Å². The van der Waals surface area contributed by atoms with Gasteiger partial charge in [0.2, 0.25) is 0 Å². The van der Waals surface area contributed by atoms with Gasteiger partial charge in [0.05, 0.1) is 18.8 Å². The maximum absolute atomic E-state index is 12.1. The normalized spacial score (nSPS) is 21.8. The summed E-state index contributed by atoms with van der Waals surface area (Å²) < 4.78 is 9.37. The molecule has 2 aliphatic rings. The molecule has 2 saturated heterocycles. The molecule has 0 N–H and O–H groups in total. The maximum Gasteiger partial charge on any atom is 0.342 e. The van der Waals surface area contributed by atoms with Gasteiger partial charge < -0.3 is 9.47 Å². The van der Waals surface area contributed by atoms with E-state index in [1.807, 2.05) is 6.92 Å². The fourth-order valence-electron chi connectivity index (χ4n) is 3.94. The van der Waals surface area contributed by atoms with E-state index in [0.717, 1.165) is 31.3 Å². The Morgan fingerprint density at radius 2 is 1.83 bits per heavy atom. The zero-order valence-electron chi connectivity index (χ0n) is 16.9. The van der Waals surface area contributed by atoms with Crippen LogP contribution in [0.4, 0.5) is 0 Å². The minimum atomic E-state index is -0.609. The van der Waals surface area contributed by atoms with Gasteiger partial charge in [0, 0.05) is 12.0 Å². The summed E-state index contributed by atoms with van der Waals surface area (Å²) in [7, 11) is 0. The van der Waals surface area contributed by atoms with Gasteiger partial charge in [-0.2, -0.15) is 0 Å². The summed E-state index contributed by atoms with van der Waals surface area (Å²) in [6.45, 7) is 5.35. The molecule has 7 nitrogen and oxygen atoms in total. The number of hydrogen-bond acceptors (Lipinski definition) is 7. The summed E-state index contributed by atoms with van der Waals surface area (Å²) in [6, 6.07) is 0. The van der Waals surface area contributed by atoms with Crippen LogP contribution in [0.5, 0.6) is 0 Å². The first-order valence-corrected chi connectivity index (χ1v) is 10.2. The lowest BCUT2D eigenvalue weighted by Gasteiger charge is -2.22. The molecule has 2 unspecified atom stereocenters. The third kappa shape index (κ3) is 6.48. The highest BCUT2D eigenvalue weighted by Crippen LogP contribution is 2.36. The van der Waals surface area contributed by atoms with Crippen LogP contribution < -0.4 is 0 Å². The van der Waals surface area contributed by atoms with Gasteiger partial charge in [-0.3, -0.25) is 19.2 Å². The van der Waals surface area contributed by atoms with E-state index in [9.17, 15) is 24.0 Å². The molecule has 0 aliphatic carbocycles. The number of allylic oxidation sites excluding steroid dienone is 2. The van der Waals surface area contributed by atoms with Crippen LogP contribution in [-0.2, 0) is 33.4 Å². The molecule has 0 bridgehead atoms. The predicted molar refractivity (Wildman–Crippen MR) is 103 cm³/mol. The minimum Gasteiger partial charge on any atom is -0.393 e. The molecular formula is C22H28O7. The van der Waals surface area contributed by atoms with Crippen molar-refractivity contribution in [2.24, 2.45) is 11.8 Å². The fourth-order valence-corrected chi connectivity index (χ4v) is 3.94. The second-order valence-electron chi connectivity index (χ2n) is 7.57. The van der Waals surface area contributed by atoms with Gasteiger partial charge in [-0.1, -0.05) is 38.3 Å². The highest BCUT2D eigenvalue weighted by molar-refractivity contribution is 6.06. The highest BCUT2D eigenvalue weighted by atomic mass is 16.6. The van der Waals surface area contributed by atoms with E-state index < -0.39 is 29.8 Å². The summed E-state index contributed by atoms with van der Waals surface area (Å²) in [6.07, 6.45) is 6.95. The quantitative estimate of drug-likeness (QED) is 0.213. The Hall–Kier alpha value is -2.57. The standard InChI is InChI=1S/C22H28O7/c1-3-14(17-12-19(24)28-21(17)26)11-15(18-13-20(25)29-22(18)27)9-7-5-6-8-10-16(23)4-2/h4,15,18H,2-3,5-13H2,1H3/b17-14-. The summed E-state index contributed by atoms with van der Waals surface area (Å²) in [5.41, 5.74) is 1.18. The molecule has 2 rings (SSSR count). The molecule has 0 aromatic heterocycles. The molecule has 7 heteroatoms. The van der Waals surface area contributed by atoms with Gasteiger partial charge >= 0.3 is 23.9 Å². The molecule has 0 spiro atoms. The van der Waals surface area contributed by atoms with Crippen LogP contribution >= 0.6 is 0 Å². The van der Waals surface area contributed by atoms with Crippen molar-refractivity contribution in [3.63, 3.8) is 0 Å². The van der Waals surface area contributed by atoms with Gasteiger partial charge in [-0.05, 0) is 37.7 Å². The first-order chi connectivity index (χ1) is 13.8. The monoisotopic (exact) mass is 404 g/mol. The first kappa shape index (κ1) is 22.7. The highest BCUT2D eigenvalue weighted by Gasteiger charge is 2.40. The molecule has 0 aromatic rings. The SMILES string of the molecule is C=CC(=O)CCCCCCC(C/C(CC)=C1/CC(=O)OC1=O)C1CC(=O)OC1=O. The Labute approximate surface area is 170 Å². The molecule has 2 heterocycles. The molecule has 0 radical (unpaired) electrons. The predicted octanol–water partition coefficient (Wildman–Crippen LogP) is 3.36. The van der Waals surface area contributed by atoms with Crippen LogP contribution in [0.1, 0.15) is 71.1 Å². The van der Waals surface area contributed by atoms with E-state index in [0.29, 0.717) is 31.3 Å². The molecule has 0 amide bonds. The van der Waals surface area contributed by atoms with E-state index in [-0.39, 0.29) is 24.5 Å². The van der Waals surface area contributed by atoms with Gasteiger partial charge in [0.25, 0.3) is 0 Å². The van der Waals surface area contributed by atoms with Crippen molar-refractivity contribution in [1.82, 2.24) is 0 Å². The molecule has 2 aliphatic heterocycles. The summed E-state index contributed by atoms with van der Waals surface area (Å²) in [4.78, 5) is 58.3. The summed E-state index contributed by atoms with van der Waals surface area (Å²) >= 11 is 0. The van der Waals surface area contributed by atoms with E-state index in [1.165, 1.54) is 6.08 Å². The average Bonchev–Trinajstić information content (AvgIpc) is 3.20. The third-order valence-corrected chi connectivity index (χ3v) is 5.58. The van der Waals surface area contributed by atoms with Crippen molar-refractivity contribution in [1.29, 1.82) is 0 Å². The zero-order valence-corrected chi connectivity index (χ0v) is 16.9. The third-order valence-electron chi connectivity index (χ3n) is 5.58. The Morgan fingerprint density at radius 3 is 2.38 bits per heavy atom. The Bertz CT molecular complexity index is 731. The van der Waals surface area contributed by atoms with Crippen LogP contribution in [0.2, 0.25) is 0 Å². The smallest absolute Gasteiger partial charge is 0.342 e. The number of unbranched alkanes of at least 4 members (excludes halogenated alkanes) is 3. The van der Waals surface area contributed by atoms with E-state index in [2.05, 4.69) is 11.3 Å². The zero-order chi connectivity index (χ0) is 21.4. The molecule has 0 aromatic carbocycles. The number of cyclic esters (lactones) is 4. The lowest BCUT2D eigenvalue weighted by atomic mass is 9.80. The summed E-state index contributed by atoms with van der Waals surface area (Å²) in [5, 5.41) is 0. The first-order valence-electron chi connectivity index (χ1n) is 10.2. The Morgan fingerprint density at radius 1 is 1.10 bits per heavy atom. The summed E-state index contributed by atoms with van der Waals surface area (Å²) in [5.74, 6) is -2.84. The number of carbonyl (C=O) groups is 5. The van der Waals surface area contributed by atoms with Gasteiger partial charge in [0.1, 0.15) is 0 Å². The fraction of sp³-hybridized carbons (Fsp3) is 0.591. The van der Waals surface area contributed by atoms with Crippen molar-refractivity contribution >= 4 is 29.7 Å². The topological polar surface area (TPSA) is 104 Å². The Kier molecular flexibility index (Phi) is 8.49. The van der Waals surface area contributed by atoms with E-state index in [1.54, 1.807) is 0 Å². The molecule has 29 heavy (non-hydrogen) atoms. The van der Waals surface area contributed by atoms with Crippen molar-refractivity contribution in [2.75, 3.05) is 0 Å². The lowest BCUT2D eigenvalue weighted by Crippen LogP contribution is -2.21. The lowest BCUT2D eigenvalue weighted by molar-refractivity contribution is -0.154. The molecule has 158 valence electrons. The number of hydrogen-bond donors (Lipinski definition) is 0. The number of esters is 4. The molecule has 2 fully saturated rings. The van der Waals surface area contributed by atoms with Crippen LogP contribution in [-0.4, -0.2) is 29.7 Å². The molecule has 0 saturated carbocycles. The van der Waals surface area contributed by atoms with E-state index in [4.69, 9.17) is 4.74 Å². The van der Waals surface area contributed by atoms with Gasteiger partial charge in [-0.25, -0.2) is 4.79 Å². The number of rotatable bonds is 12.